The van der Waals surface area contributed by atoms with Crippen LogP contribution >= 0.6 is 0 Å². The molecule has 0 aliphatic heterocycles. The molecule has 2 aromatic carbocycles. The molecule has 0 unspecified atom stereocenters. The predicted molar refractivity (Wildman–Crippen MR) is 133 cm³/mol. The first kappa shape index (κ1) is 20.6. The van der Waals surface area contributed by atoms with E-state index in [2.05, 4.69) is 73.4 Å². The molecule has 2 heteroatoms. The van der Waals surface area contributed by atoms with Crippen molar-refractivity contribution in [1.82, 2.24) is 9.97 Å². The van der Waals surface area contributed by atoms with E-state index >= 15 is 0 Å². The van der Waals surface area contributed by atoms with Crippen molar-refractivity contribution in [3.05, 3.63) is 96.7 Å². The second-order valence-corrected chi connectivity index (χ2v) is 9.76. The minimum absolute atomic E-state index is 0.510. The van der Waals surface area contributed by atoms with E-state index in [1.807, 2.05) is 36.5 Å². The highest BCUT2D eigenvalue weighted by atomic mass is 14.8. The summed E-state index contributed by atoms with van der Waals surface area (Å²) in [4.78, 5) is 9.48. The topological polar surface area (TPSA) is 25.8 Å². The molecule has 1 saturated carbocycles. The van der Waals surface area contributed by atoms with Gasteiger partial charge in [0.2, 0.25) is 0 Å². The van der Waals surface area contributed by atoms with Crippen LogP contribution in [0.15, 0.2) is 91.1 Å². The third-order valence-corrected chi connectivity index (χ3v) is 6.90. The highest BCUT2D eigenvalue weighted by Gasteiger charge is 2.27. The summed E-state index contributed by atoms with van der Waals surface area (Å²) >= 11 is 0. The zero-order valence-corrected chi connectivity index (χ0v) is 19.0. The van der Waals surface area contributed by atoms with Crippen molar-refractivity contribution in [2.75, 3.05) is 0 Å². The van der Waals surface area contributed by atoms with Crippen LogP contribution in [0.3, 0.4) is 0 Å². The summed E-state index contributed by atoms with van der Waals surface area (Å²) in [6, 6.07) is 29.8. The quantitative estimate of drug-likeness (QED) is 0.334. The largest absolute Gasteiger partial charge is 0.255 e. The molecular weight excluding hydrogens is 388 g/mol. The number of hydrogen-bond donors (Lipinski definition) is 0. The van der Waals surface area contributed by atoms with Gasteiger partial charge < -0.3 is 0 Å². The molecule has 2 aromatic heterocycles. The zero-order chi connectivity index (χ0) is 22.0. The highest BCUT2D eigenvalue weighted by molar-refractivity contribution is 5.70. The molecule has 0 saturated heterocycles. The van der Waals surface area contributed by atoms with Crippen molar-refractivity contribution in [1.29, 1.82) is 0 Å². The lowest BCUT2D eigenvalue weighted by atomic mass is 9.71. The molecule has 4 aromatic rings. The maximum atomic E-state index is 4.87. The molecule has 0 spiro atoms. The average molecular weight is 419 g/mol. The van der Waals surface area contributed by atoms with E-state index in [9.17, 15) is 0 Å². The summed E-state index contributed by atoms with van der Waals surface area (Å²) in [6.45, 7) is 4.80. The van der Waals surface area contributed by atoms with Gasteiger partial charge in [0, 0.05) is 11.8 Å². The summed E-state index contributed by atoms with van der Waals surface area (Å²) < 4.78 is 0. The van der Waals surface area contributed by atoms with Crippen molar-refractivity contribution in [2.24, 2.45) is 5.41 Å². The van der Waals surface area contributed by atoms with Crippen LogP contribution in [0, 0.1) is 5.41 Å². The molecule has 1 fully saturated rings. The highest BCUT2D eigenvalue weighted by Crippen LogP contribution is 2.42. The SMILES string of the molecule is CC1(C)CCC(c2ccc(-c3ccnc(-c4cccc(-c5ccccc5)n4)c3)cc2)CC1. The van der Waals surface area contributed by atoms with Gasteiger partial charge in [-0.25, -0.2) is 4.98 Å². The summed E-state index contributed by atoms with van der Waals surface area (Å²) in [6.07, 6.45) is 7.13. The number of hydrogen-bond acceptors (Lipinski definition) is 2. The van der Waals surface area contributed by atoms with Gasteiger partial charge in [0.15, 0.2) is 0 Å². The van der Waals surface area contributed by atoms with Crippen LogP contribution < -0.4 is 0 Å². The zero-order valence-electron chi connectivity index (χ0n) is 19.0. The fourth-order valence-corrected chi connectivity index (χ4v) is 4.78. The van der Waals surface area contributed by atoms with Crippen LogP contribution in [0.4, 0.5) is 0 Å². The Labute approximate surface area is 191 Å². The average Bonchev–Trinajstić information content (AvgIpc) is 2.85. The maximum Gasteiger partial charge on any atom is 0.0893 e. The first-order valence-electron chi connectivity index (χ1n) is 11.7. The molecule has 5 rings (SSSR count). The van der Waals surface area contributed by atoms with Gasteiger partial charge in [-0.15, -0.1) is 0 Å². The molecule has 32 heavy (non-hydrogen) atoms. The fraction of sp³-hybridized carbons (Fsp3) is 0.267. The number of aromatic nitrogens is 2. The molecule has 2 heterocycles. The monoisotopic (exact) mass is 418 g/mol. The van der Waals surface area contributed by atoms with E-state index in [0.717, 1.165) is 22.6 Å². The molecule has 160 valence electrons. The Morgan fingerprint density at radius 2 is 1.38 bits per heavy atom. The Kier molecular flexibility index (Phi) is 5.61. The second-order valence-electron chi connectivity index (χ2n) is 9.76. The summed E-state index contributed by atoms with van der Waals surface area (Å²) in [7, 11) is 0. The standard InChI is InChI=1S/C30H30N2/c1-30(2)18-15-24(16-19-30)22-11-13-23(14-12-22)26-17-20-31-29(21-26)28-10-6-9-27(32-28)25-7-4-3-5-8-25/h3-14,17,20-21,24H,15-16,18-19H2,1-2H3. The van der Waals surface area contributed by atoms with Crippen LogP contribution in [-0.2, 0) is 0 Å². The molecule has 0 N–H and O–H groups in total. The summed E-state index contributed by atoms with van der Waals surface area (Å²) in [5.41, 5.74) is 8.29. The Balaban J connectivity index is 1.38. The van der Waals surface area contributed by atoms with Gasteiger partial charge in [0.1, 0.15) is 0 Å². The van der Waals surface area contributed by atoms with Crippen molar-refractivity contribution in [3.8, 4) is 33.8 Å². The molecule has 0 amide bonds. The predicted octanol–water partition coefficient (Wildman–Crippen LogP) is 8.16. The lowest BCUT2D eigenvalue weighted by Crippen LogP contribution is -2.20. The fourth-order valence-electron chi connectivity index (χ4n) is 4.78. The van der Waals surface area contributed by atoms with E-state index < -0.39 is 0 Å². The first-order chi connectivity index (χ1) is 15.6. The van der Waals surface area contributed by atoms with Crippen molar-refractivity contribution >= 4 is 0 Å². The molecule has 0 bridgehead atoms. The Hall–Kier alpha value is -3.26. The number of rotatable bonds is 4. The van der Waals surface area contributed by atoms with Crippen molar-refractivity contribution in [2.45, 2.75) is 45.4 Å². The van der Waals surface area contributed by atoms with Gasteiger partial charge in [0.25, 0.3) is 0 Å². The summed E-state index contributed by atoms with van der Waals surface area (Å²) in [5.74, 6) is 0.704. The Morgan fingerprint density at radius 3 is 2.12 bits per heavy atom. The van der Waals surface area contributed by atoms with Gasteiger partial charge in [-0.05, 0) is 78.0 Å². The van der Waals surface area contributed by atoms with E-state index in [-0.39, 0.29) is 0 Å². The third kappa shape index (κ3) is 4.50. The van der Waals surface area contributed by atoms with Crippen LogP contribution in [0.25, 0.3) is 33.8 Å². The van der Waals surface area contributed by atoms with Crippen LogP contribution in [-0.4, -0.2) is 9.97 Å². The van der Waals surface area contributed by atoms with E-state index in [1.54, 1.807) is 0 Å². The first-order valence-corrected chi connectivity index (χ1v) is 11.7. The van der Waals surface area contributed by atoms with Gasteiger partial charge in [-0.1, -0.05) is 74.5 Å². The van der Waals surface area contributed by atoms with Gasteiger partial charge in [-0.3, -0.25) is 4.98 Å². The molecule has 1 aliphatic rings. The van der Waals surface area contributed by atoms with E-state index in [4.69, 9.17) is 4.98 Å². The molecule has 2 nitrogen and oxygen atoms in total. The lowest BCUT2D eigenvalue weighted by molar-refractivity contribution is 0.224. The Bertz CT molecular complexity index is 1180. The second kappa shape index (κ2) is 8.70. The molecule has 1 aliphatic carbocycles. The van der Waals surface area contributed by atoms with Gasteiger partial charge in [-0.2, -0.15) is 0 Å². The van der Waals surface area contributed by atoms with Gasteiger partial charge >= 0.3 is 0 Å². The van der Waals surface area contributed by atoms with Crippen LogP contribution in [0.1, 0.15) is 51.0 Å². The van der Waals surface area contributed by atoms with Crippen LogP contribution in [0.2, 0.25) is 0 Å². The normalized spacial score (nSPS) is 16.1. The van der Waals surface area contributed by atoms with Gasteiger partial charge in [0.05, 0.1) is 17.1 Å². The molecule has 0 atom stereocenters. The van der Waals surface area contributed by atoms with E-state index in [0.29, 0.717) is 11.3 Å². The lowest BCUT2D eigenvalue weighted by Gasteiger charge is -2.34. The van der Waals surface area contributed by atoms with Crippen molar-refractivity contribution < 1.29 is 0 Å². The minimum atomic E-state index is 0.510. The maximum absolute atomic E-state index is 4.87. The number of nitrogens with zero attached hydrogens (tertiary/aromatic N) is 2. The van der Waals surface area contributed by atoms with Crippen molar-refractivity contribution in [3.63, 3.8) is 0 Å². The Morgan fingerprint density at radius 1 is 0.656 bits per heavy atom. The molecular formula is C30H30N2. The van der Waals surface area contributed by atoms with E-state index in [1.165, 1.54) is 42.4 Å². The van der Waals surface area contributed by atoms with Crippen LogP contribution in [0.5, 0.6) is 0 Å². The number of benzene rings is 2. The molecule has 0 radical (unpaired) electrons. The minimum Gasteiger partial charge on any atom is -0.255 e. The summed E-state index contributed by atoms with van der Waals surface area (Å²) in [5, 5.41) is 0. The number of pyridine rings is 2. The third-order valence-electron chi connectivity index (χ3n) is 6.90. The smallest absolute Gasteiger partial charge is 0.0893 e.